The average Bonchev–Trinajstić information content (AvgIpc) is 2.70. The number of hydrogen-bond donors (Lipinski definition) is 1. The lowest BCUT2D eigenvalue weighted by Gasteiger charge is -2.29. The molecule has 2 aromatic carbocycles. The van der Waals surface area contributed by atoms with E-state index in [4.69, 9.17) is 9.47 Å². The molecule has 0 aliphatic carbocycles. The summed E-state index contributed by atoms with van der Waals surface area (Å²) in [4.78, 5) is 2.66. The largest absolute Gasteiger partial charge is 0.493 e. The lowest BCUT2D eigenvalue weighted by Crippen LogP contribution is -2.33. The normalized spacial score (nSPS) is 14.5. The minimum absolute atomic E-state index is 0.320. The van der Waals surface area contributed by atoms with E-state index in [0.717, 1.165) is 49.5 Å². The smallest absolute Gasteiger partial charge is 0.240 e. The molecule has 0 fully saturated rings. The first-order valence-electron chi connectivity index (χ1n) is 9.45. The van der Waals surface area contributed by atoms with Gasteiger partial charge in [-0.05, 0) is 67.3 Å². The maximum Gasteiger partial charge on any atom is 0.240 e. The van der Waals surface area contributed by atoms with E-state index < -0.39 is 10.0 Å². The third kappa shape index (κ3) is 4.84. The standard InChI is InChI=1S/C21H28N2O4S/c1-16-6-4-7-19(12-16)28(24,25)22-9-5-10-23-11-8-17-13-20(26-2)21(27-3)14-18(17)15-23/h4,6-7,12-14,22H,5,8-11,15H2,1-3H3. The van der Waals surface area contributed by atoms with Gasteiger partial charge in [-0.2, -0.15) is 0 Å². The second-order valence-corrected chi connectivity index (χ2v) is 8.84. The van der Waals surface area contributed by atoms with Gasteiger partial charge in [0.2, 0.25) is 10.0 Å². The van der Waals surface area contributed by atoms with Crippen molar-refractivity contribution in [2.45, 2.75) is 31.2 Å². The van der Waals surface area contributed by atoms with E-state index in [0.29, 0.717) is 11.4 Å². The highest BCUT2D eigenvalue weighted by Crippen LogP contribution is 2.33. The number of nitrogens with one attached hydrogen (secondary N) is 1. The topological polar surface area (TPSA) is 67.9 Å². The van der Waals surface area contributed by atoms with Crippen LogP contribution in [0.25, 0.3) is 0 Å². The van der Waals surface area contributed by atoms with Crippen molar-refractivity contribution in [2.75, 3.05) is 33.9 Å². The molecule has 3 rings (SSSR count). The summed E-state index contributed by atoms with van der Waals surface area (Å²) in [7, 11) is -0.156. The van der Waals surface area contributed by atoms with Crippen LogP contribution < -0.4 is 14.2 Å². The van der Waals surface area contributed by atoms with Crippen molar-refractivity contribution in [1.82, 2.24) is 9.62 Å². The second-order valence-electron chi connectivity index (χ2n) is 7.07. The molecule has 1 heterocycles. The molecule has 0 radical (unpaired) electrons. The fourth-order valence-corrected chi connectivity index (χ4v) is 4.69. The van der Waals surface area contributed by atoms with Crippen molar-refractivity contribution < 1.29 is 17.9 Å². The van der Waals surface area contributed by atoms with Crippen LogP contribution in [0.4, 0.5) is 0 Å². The number of aryl methyl sites for hydroxylation is 1. The Balaban J connectivity index is 1.53. The molecular weight excluding hydrogens is 376 g/mol. The summed E-state index contributed by atoms with van der Waals surface area (Å²) < 4.78 is 38.2. The number of ether oxygens (including phenoxy) is 2. The molecule has 28 heavy (non-hydrogen) atoms. The lowest BCUT2D eigenvalue weighted by molar-refractivity contribution is 0.250. The zero-order chi connectivity index (χ0) is 20.1. The summed E-state index contributed by atoms with van der Waals surface area (Å²) in [6.45, 7) is 4.93. The van der Waals surface area contributed by atoms with Gasteiger partial charge in [0.05, 0.1) is 19.1 Å². The molecule has 1 aliphatic heterocycles. The van der Waals surface area contributed by atoms with E-state index in [1.54, 1.807) is 32.4 Å². The molecule has 152 valence electrons. The van der Waals surface area contributed by atoms with Crippen LogP contribution in [-0.2, 0) is 23.0 Å². The zero-order valence-electron chi connectivity index (χ0n) is 16.7. The van der Waals surface area contributed by atoms with Crippen LogP contribution in [0.15, 0.2) is 41.3 Å². The van der Waals surface area contributed by atoms with Gasteiger partial charge in [0, 0.05) is 19.6 Å². The molecule has 2 aromatic rings. The number of methoxy groups -OCH3 is 2. The molecule has 0 spiro atoms. The molecule has 0 amide bonds. The van der Waals surface area contributed by atoms with Crippen LogP contribution in [0.2, 0.25) is 0 Å². The molecule has 0 atom stereocenters. The van der Waals surface area contributed by atoms with Crippen molar-refractivity contribution >= 4 is 10.0 Å². The van der Waals surface area contributed by atoms with E-state index in [1.165, 1.54) is 11.1 Å². The van der Waals surface area contributed by atoms with Gasteiger partial charge < -0.3 is 9.47 Å². The van der Waals surface area contributed by atoms with E-state index in [1.807, 2.05) is 19.1 Å². The van der Waals surface area contributed by atoms with Crippen molar-refractivity contribution in [3.05, 3.63) is 53.1 Å². The zero-order valence-corrected chi connectivity index (χ0v) is 17.5. The predicted molar refractivity (Wildman–Crippen MR) is 110 cm³/mol. The van der Waals surface area contributed by atoms with Crippen molar-refractivity contribution in [3.8, 4) is 11.5 Å². The summed E-state index contributed by atoms with van der Waals surface area (Å²) in [5.41, 5.74) is 3.46. The van der Waals surface area contributed by atoms with E-state index in [2.05, 4.69) is 15.7 Å². The van der Waals surface area contributed by atoms with E-state index in [9.17, 15) is 8.42 Å². The minimum Gasteiger partial charge on any atom is -0.493 e. The van der Waals surface area contributed by atoms with Gasteiger partial charge in [-0.3, -0.25) is 4.90 Å². The number of sulfonamides is 1. The second kappa shape index (κ2) is 8.94. The molecule has 0 unspecified atom stereocenters. The number of hydrogen-bond acceptors (Lipinski definition) is 5. The Morgan fingerprint density at radius 2 is 1.79 bits per heavy atom. The molecule has 1 aliphatic rings. The fourth-order valence-electron chi connectivity index (χ4n) is 3.51. The third-order valence-electron chi connectivity index (χ3n) is 5.04. The third-order valence-corrected chi connectivity index (χ3v) is 6.50. The number of fused-ring (bicyclic) bond motifs is 1. The van der Waals surface area contributed by atoms with Crippen LogP contribution in [-0.4, -0.2) is 47.2 Å². The van der Waals surface area contributed by atoms with Gasteiger partial charge in [-0.1, -0.05) is 12.1 Å². The van der Waals surface area contributed by atoms with Crippen LogP contribution >= 0.6 is 0 Å². The SMILES string of the molecule is COc1cc2c(cc1OC)CN(CCCNS(=O)(=O)c1cccc(C)c1)CC2. The Kier molecular flexibility index (Phi) is 6.59. The van der Waals surface area contributed by atoms with Gasteiger partial charge in [-0.15, -0.1) is 0 Å². The quantitative estimate of drug-likeness (QED) is 0.685. The highest BCUT2D eigenvalue weighted by molar-refractivity contribution is 7.89. The Morgan fingerprint density at radius 1 is 1.07 bits per heavy atom. The molecule has 7 heteroatoms. The van der Waals surface area contributed by atoms with Crippen LogP contribution in [0.1, 0.15) is 23.1 Å². The lowest BCUT2D eigenvalue weighted by atomic mass is 9.98. The van der Waals surface area contributed by atoms with Crippen LogP contribution in [0, 0.1) is 6.92 Å². The number of rotatable bonds is 8. The number of benzene rings is 2. The summed E-state index contributed by atoms with van der Waals surface area (Å²) in [5.74, 6) is 1.51. The van der Waals surface area contributed by atoms with Crippen molar-refractivity contribution in [3.63, 3.8) is 0 Å². The van der Waals surface area contributed by atoms with E-state index >= 15 is 0 Å². The Hall–Kier alpha value is -2.09. The van der Waals surface area contributed by atoms with Crippen molar-refractivity contribution in [2.24, 2.45) is 0 Å². The monoisotopic (exact) mass is 404 g/mol. The van der Waals surface area contributed by atoms with Crippen molar-refractivity contribution in [1.29, 1.82) is 0 Å². The first-order chi connectivity index (χ1) is 13.4. The molecule has 1 N–H and O–H groups in total. The molecule has 0 bridgehead atoms. The van der Waals surface area contributed by atoms with Crippen LogP contribution in [0.3, 0.4) is 0 Å². The Morgan fingerprint density at radius 3 is 2.46 bits per heavy atom. The summed E-state index contributed by atoms with van der Waals surface area (Å²) in [6, 6.07) is 11.1. The Labute approximate surface area is 167 Å². The first kappa shape index (κ1) is 20.6. The molecule has 0 aromatic heterocycles. The van der Waals surface area contributed by atoms with Gasteiger partial charge >= 0.3 is 0 Å². The highest BCUT2D eigenvalue weighted by Gasteiger charge is 2.19. The van der Waals surface area contributed by atoms with Gasteiger partial charge in [0.25, 0.3) is 0 Å². The van der Waals surface area contributed by atoms with Gasteiger partial charge in [-0.25, -0.2) is 13.1 Å². The first-order valence-corrected chi connectivity index (χ1v) is 10.9. The molecule has 0 saturated carbocycles. The van der Waals surface area contributed by atoms with Gasteiger partial charge in [0.1, 0.15) is 0 Å². The Bertz CT molecular complexity index is 928. The van der Waals surface area contributed by atoms with Crippen LogP contribution in [0.5, 0.6) is 11.5 Å². The average molecular weight is 405 g/mol. The predicted octanol–water partition coefficient (Wildman–Crippen LogP) is 2.74. The fraction of sp³-hybridized carbons (Fsp3) is 0.429. The summed E-state index contributed by atoms with van der Waals surface area (Å²) in [6.07, 6.45) is 1.71. The molecule has 0 saturated heterocycles. The molecule has 6 nitrogen and oxygen atoms in total. The molecular formula is C21H28N2O4S. The van der Waals surface area contributed by atoms with E-state index in [-0.39, 0.29) is 0 Å². The summed E-state index contributed by atoms with van der Waals surface area (Å²) >= 11 is 0. The number of nitrogens with zero attached hydrogens (tertiary/aromatic N) is 1. The van der Waals surface area contributed by atoms with Gasteiger partial charge in [0.15, 0.2) is 11.5 Å². The highest BCUT2D eigenvalue weighted by atomic mass is 32.2. The maximum absolute atomic E-state index is 12.4. The maximum atomic E-state index is 12.4. The summed E-state index contributed by atoms with van der Waals surface area (Å²) in [5, 5.41) is 0. The minimum atomic E-state index is -3.45.